The largest absolute Gasteiger partial charge is 0.387 e. The van der Waals surface area contributed by atoms with E-state index in [0.717, 1.165) is 6.54 Å². The second-order valence-electron chi connectivity index (χ2n) is 1.79. The fourth-order valence-electron chi connectivity index (χ4n) is 0.590. The topological polar surface area (TPSA) is 12.0 Å². The number of allylic oxidation sites excluding steroid dienone is 2. The predicted molar refractivity (Wildman–Crippen MR) is 43.9 cm³/mol. The van der Waals surface area contributed by atoms with Gasteiger partial charge in [-0.2, -0.15) is 0 Å². The minimum Gasteiger partial charge on any atom is -0.387 e. The van der Waals surface area contributed by atoms with Crippen LogP contribution in [0.4, 0.5) is 0 Å². The summed E-state index contributed by atoms with van der Waals surface area (Å²) in [5.41, 5.74) is 1.33. The fourth-order valence-corrected chi connectivity index (χ4v) is 0.966. The van der Waals surface area contributed by atoms with E-state index < -0.39 is 0 Å². The molecule has 0 saturated heterocycles. The summed E-state index contributed by atoms with van der Waals surface area (Å²) in [5, 5.41) is 3.12. The molecule has 0 bridgehead atoms. The summed E-state index contributed by atoms with van der Waals surface area (Å²) in [6.45, 7) is 3.08. The van der Waals surface area contributed by atoms with Gasteiger partial charge in [-0.25, -0.2) is 0 Å². The van der Waals surface area contributed by atoms with E-state index in [1.807, 2.05) is 6.20 Å². The molecule has 0 amide bonds. The monoisotopic (exact) mass is 221 g/mol. The molecule has 0 aromatic rings. The van der Waals surface area contributed by atoms with Crippen molar-refractivity contribution in [3.8, 4) is 0 Å². The Morgan fingerprint density at radius 3 is 2.88 bits per heavy atom. The molecule has 1 aliphatic heterocycles. The molecule has 0 fully saturated rings. The lowest BCUT2D eigenvalue weighted by Crippen LogP contribution is -2.09. The minimum atomic E-state index is 0.982. The van der Waals surface area contributed by atoms with E-state index in [1.54, 1.807) is 0 Å². The maximum Gasteiger partial charge on any atom is 0.0338 e. The van der Waals surface area contributed by atoms with Gasteiger partial charge in [0.2, 0.25) is 0 Å². The Hall–Kier alpha value is 0.01000. The number of nitrogens with one attached hydrogen (secondary N) is 1. The van der Waals surface area contributed by atoms with Gasteiger partial charge in [-0.3, -0.25) is 0 Å². The second kappa shape index (κ2) is 2.53. The van der Waals surface area contributed by atoms with Crippen molar-refractivity contribution < 1.29 is 0 Å². The molecule has 0 saturated carbocycles. The summed E-state index contributed by atoms with van der Waals surface area (Å²) in [7, 11) is 0. The summed E-state index contributed by atoms with van der Waals surface area (Å²) >= 11 is 2.34. The third kappa shape index (κ3) is 1.24. The van der Waals surface area contributed by atoms with Crippen molar-refractivity contribution in [2.45, 2.75) is 6.92 Å². The van der Waals surface area contributed by atoms with Crippen molar-refractivity contribution in [2.24, 2.45) is 0 Å². The molecule has 44 valence electrons. The summed E-state index contributed by atoms with van der Waals surface area (Å²) in [4.78, 5) is 0. The van der Waals surface area contributed by atoms with Crippen LogP contribution < -0.4 is 5.32 Å². The lowest BCUT2D eigenvalue weighted by Gasteiger charge is -2.06. The molecular formula is C6H8IN. The number of hydrogen-bond acceptors (Lipinski definition) is 1. The third-order valence-corrected chi connectivity index (χ3v) is 2.39. The Morgan fingerprint density at radius 2 is 2.50 bits per heavy atom. The van der Waals surface area contributed by atoms with Crippen molar-refractivity contribution in [1.29, 1.82) is 0 Å². The van der Waals surface area contributed by atoms with Crippen molar-refractivity contribution in [1.82, 2.24) is 5.32 Å². The van der Waals surface area contributed by atoms with E-state index in [2.05, 4.69) is 40.9 Å². The van der Waals surface area contributed by atoms with E-state index in [9.17, 15) is 0 Å². The fraction of sp³-hybridized carbons (Fsp3) is 0.333. The first-order valence-electron chi connectivity index (χ1n) is 2.57. The molecule has 1 nitrogen and oxygen atoms in total. The highest BCUT2D eigenvalue weighted by molar-refractivity contribution is 14.1. The maximum absolute atomic E-state index is 3.12. The van der Waals surface area contributed by atoms with E-state index >= 15 is 0 Å². The summed E-state index contributed by atoms with van der Waals surface area (Å²) in [5.74, 6) is 0. The van der Waals surface area contributed by atoms with Crippen LogP contribution in [0.25, 0.3) is 0 Å². The molecule has 0 aliphatic carbocycles. The van der Waals surface area contributed by atoms with Gasteiger partial charge < -0.3 is 5.32 Å². The van der Waals surface area contributed by atoms with E-state index in [1.165, 1.54) is 9.15 Å². The van der Waals surface area contributed by atoms with E-state index in [-0.39, 0.29) is 0 Å². The zero-order chi connectivity index (χ0) is 5.98. The second-order valence-corrected chi connectivity index (χ2v) is 2.95. The zero-order valence-corrected chi connectivity index (χ0v) is 6.90. The molecule has 1 rings (SSSR count). The number of halogens is 1. The molecular weight excluding hydrogens is 213 g/mol. The van der Waals surface area contributed by atoms with Gasteiger partial charge >= 0.3 is 0 Å². The van der Waals surface area contributed by atoms with Gasteiger partial charge in [0.15, 0.2) is 0 Å². The molecule has 8 heavy (non-hydrogen) atoms. The van der Waals surface area contributed by atoms with Gasteiger partial charge in [0, 0.05) is 16.3 Å². The average Bonchev–Trinajstić information content (AvgIpc) is 1.77. The van der Waals surface area contributed by atoms with Crippen molar-refractivity contribution >= 4 is 22.6 Å². The highest BCUT2D eigenvalue weighted by atomic mass is 127. The predicted octanol–water partition coefficient (Wildman–Crippen LogP) is 1.81. The Kier molecular flexibility index (Phi) is 1.94. The van der Waals surface area contributed by atoms with E-state index in [0.29, 0.717) is 0 Å². The Morgan fingerprint density at radius 1 is 1.75 bits per heavy atom. The molecule has 0 radical (unpaired) electrons. The molecule has 0 spiro atoms. The quantitative estimate of drug-likeness (QED) is 0.615. The first-order chi connectivity index (χ1) is 3.80. The van der Waals surface area contributed by atoms with Crippen LogP contribution in [0.15, 0.2) is 21.4 Å². The van der Waals surface area contributed by atoms with Crippen LogP contribution in [-0.4, -0.2) is 6.54 Å². The van der Waals surface area contributed by atoms with Gasteiger partial charge in [0.1, 0.15) is 0 Å². The average molecular weight is 221 g/mol. The summed E-state index contributed by atoms with van der Waals surface area (Å²) in [6, 6.07) is 0. The van der Waals surface area contributed by atoms with Crippen molar-refractivity contribution in [2.75, 3.05) is 6.54 Å². The number of dihydropyridines is 1. The van der Waals surface area contributed by atoms with E-state index in [4.69, 9.17) is 0 Å². The van der Waals surface area contributed by atoms with Gasteiger partial charge in [0.25, 0.3) is 0 Å². The molecule has 0 aromatic carbocycles. The lowest BCUT2D eigenvalue weighted by atomic mass is 10.2. The smallest absolute Gasteiger partial charge is 0.0338 e. The van der Waals surface area contributed by atoms with Crippen LogP contribution in [0.1, 0.15) is 6.92 Å². The molecule has 1 aliphatic rings. The standard InChI is InChI=1S/C6H8IN/c1-5-4-8-3-2-6(5)7/h2,4,8H,3H2,1H3. The van der Waals surface area contributed by atoms with Crippen LogP contribution in [0.3, 0.4) is 0 Å². The minimum absolute atomic E-state index is 0.982. The van der Waals surface area contributed by atoms with Crippen LogP contribution >= 0.6 is 22.6 Å². The van der Waals surface area contributed by atoms with Crippen LogP contribution in [0.2, 0.25) is 0 Å². The van der Waals surface area contributed by atoms with Crippen LogP contribution in [0.5, 0.6) is 0 Å². The van der Waals surface area contributed by atoms with Crippen molar-refractivity contribution in [3.05, 3.63) is 21.4 Å². The Labute approximate surface area is 63.0 Å². The SMILES string of the molecule is CC1=CNCC=C1I. The Bertz CT molecular complexity index is 129. The number of hydrogen-bond donors (Lipinski definition) is 1. The summed E-state index contributed by atoms with van der Waals surface area (Å²) in [6.07, 6.45) is 4.22. The first kappa shape index (κ1) is 6.13. The first-order valence-corrected chi connectivity index (χ1v) is 3.65. The molecule has 1 heterocycles. The van der Waals surface area contributed by atoms with Gasteiger partial charge in [-0.05, 0) is 35.1 Å². The van der Waals surface area contributed by atoms with Crippen molar-refractivity contribution in [3.63, 3.8) is 0 Å². The lowest BCUT2D eigenvalue weighted by molar-refractivity contribution is 0.953. The summed E-state index contributed by atoms with van der Waals surface area (Å²) < 4.78 is 1.36. The third-order valence-electron chi connectivity index (χ3n) is 1.09. The Balaban J connectivity index is 2.73. The van der Waals surface area contributed by atoms with Gasteiger partial charge in [-0.1, -0.05) is 6.08 Å². The molecule has 0 aromatic heterocycles. The normalized spacial score (nSPS) is 18.8. The number of rotatable bonds is 0. The zero-order valence-electron chi connectivity index (χ0n) is 4.74. The van der Waals surface area contributed by atoms with Crippen LogP contribution in [0, 0.1) is 0 Å². The maximum atomic E-state index is 3.12. The van der Waals surface area contributed by atoms with Gasteiger partial charge in [-0.15, -0.1) is 0 Å². The molecule has 0 atom stereocenters. The van der Waals surface area contributed by atoms with Crippen LogP contribution in [-0.2, 0) is 0 Å². The highest BCUT2D eigenvalue weighted by Gasteiger charge is 1.96. The highest BCUT2D eigenvalue weighted by Crippen LogP contribution is 2.17. The molecule has 2 heteroatoms. The molecule has 1 N–H and O–H groups in total. The van der Waals surface area contributed by atoms with Gasteiger partial charge in [0.05, 0.1) is 0 Å². The molecule has 0 unspecified atom stereocenters.